The van der Waals surface area contributed by atoms with E-state index < -0.39 is 0 Å². The van der Waals surface area contributed by atoms with E-state index in [0.717, 1.165) is 24.8 Å². The second kappa shape index (κ2) is 10.6. The van der Waals surface area contributed by atoms with Gasteiger partial charge >= 0.3 is 5.97 Å². The largest absolute Gasteiger partial charge is 0.469 e. The highest BCUT2D eigenvalue weighted by molar-refractivity contribution is 5.72. The fourth-order valence-electron chi connectivity index (χ4n) is 2.46. The van der Waals surface area contributed by atoms with Crippen LogP contribution in [-0.2, 0) is 20.9 Å². The summed E-state index contributed by atoms with van der Waals surface area (Å²) < 4.78 is 4.60. The molecule has 1 aromatic carbocycles. The number of nitrogens with zero attached hydrogens (tertiary/aromatic N) is 1. The maximum Gasteiger partial charge on any atom is 0.308 e. The van der Waals surface area contributed by atoms with Gasteiger partial charge in [0.25, 0.3) is 0 Å². The monoisotopic (exact) mass is 303 g/mol. The van der Waals surface area contributed by atoms with Gasteiger partial charge in [-0.1, -0.05) is 49.2 Å². The molecule has 1 amide bonds. The number of ether oxygens (including phenoxy) is 1. The van der Waals surface area contributed by atoms with Crippen molar-refractivity contribution in [2.45, 2.75) is 32.2 Å². The van der Waals surface area contributed by atoms with Crippen LogP contribution in [0, 0.1) is 5.92 Å². The van der Waals surface area contributed by atoms with E-state index in [9.17, 15) is 9.59 Å². The number of benzene rings is 1. The molecule has 4 heteroatoms. The third kappa shape index (κ3) is 6.57. The number of carbonyl (C=O) groups excluding carboxylic acids is 2. The summed E-state index contributed by atoms with van der Waals surface area (Å²) in [6, 6.07) is 9.89. The van der Waals surface area contributed by atoms with Gasteiger partial charge in [0, 0.05) is 13.1 Å². The molecule has 0 atom stereocenters. The lowest BCUT2D eigenvalue weighted by atomic mass is 10.1. The second-order valence-electron chi connectivity index (χ2n) is 5.31. The fraction of sp³-hybridized carbons (Fsp3) is 0.444. The van der Waals surface area contributed by atoms with Gasteiger partial charge in [0.15, 0.2) is 0 Å². The quantitative estimate of drug-likeness (QED) is 0.461. The highest BCUT2D eigenvalue weighted by Gasteiger charge is 2.22. The normalized spacial score (nSPS) is 13.7. The van der Waals surface area contributed by atoms with Crippen molar-refractivity contribution in [3.63, 3.8) is 0 Å². The molecule has 1 aliphatic carbocycles. The first kappa shape index (κ1) is 18.0. The molecule has 1 aromatic rings. The molecule has 0 aliphatic heterocycles. The van der Waals surface area contributed by atoms with E-state index in [1.54, 1.807) is 11.0 Å². The summed E-state index contributed by atoms with van der Waals surface area (Å²) in [6.45, 7) is 4.83. The zero-order valence-corrected chi connectivity index (χ0v) is 13.2. The lowest BCUT2D eigenvalue weighted by molar-refractivity contribution is -0.145. The zero-order chi connectivity index (χ0) is 16.2. The maximum absolute atomic E-state index is 10.8. The van der Waals surface area contributed by atoms with Crippen LogP contribution in [0.3, 0.4) is 0 Å². The number of hydrogen-bond acceptors (Lipinski definition) is 3. The minimum absolute atomic E-state index is 0.0208. The lowest BCUT2D eigenvalue weighted by Crippen LogP contribution is -2.20. The molecule has 0 unspecified atom stereocenters. The number of rotatable bonds is 6. The van der Waals surface area contributed by atoms with Gasteiger partial charge in [0.05, 0.1) is 13.0 Å². The van der Waals surface area contributed by atoms with Crippen LogP contribution in [0.15, 0.2) is 43.0 Å². The molecule has 1 saturated carbocycles. The van der Waals surface area contributed by atoms with E-state index in [1.165, 1.54) is 20.0 Å². The fourth-order valence-corrected chi connectivity index (χ4v) is 2.46. The Morgan fingerprint density at radius 1 is 1.32 bits per heavy atom. The predicted molar refractivity (Wildman–Crippen MR) is 87.1 cm³/mol. The molecule has 0 aromatic heterocycles. The third-order valence-corrected chi connectivity index (χ3v) is 3.63. The number of esters is 1. The number of carbonyl (C=O) groups is 2. The molecule has 0 heterocycles. The highest BCUT2D eigenvalue weighted by atomic mass is 16.5. The molecule has 0 radical (unpaired) electrons. The smallest absolute Gasteiger partial charge is 0.308 e. The predicted octanol–water partition coefficient (Wildman–Crippen LogP) is 3.18. The van der Waals surface area contributed by atoms with Crippen molar-refractivity contribution in [1.82, 2.24) is 4.90 Å². The summed E-state index contributed by atoms with van der Waals surface area (Å²) in [7, 11) is 1.46. The van der Waals surface area contributed by atoms with Crippen molar-refractivity contribution in [1.29, 1.82) is 0 Å². The molecule has 0 bridgehead atoms. The Balaban J connectivity index is 0.000000235. The molecule has 1 fully saturated rings. The van der Waals surface area contributed by atoms with Crippen LogP contribution in [0.4, 0.5) is 0 Å². The Labute approximate surface area is 132 Å². The Bertz CT molecular complexity index is 453. The topological polar surface area (TPSA) is 46.6 Å². The average Bonchev–Trinajstić information content (AvgIpc) is 3.10. The summed E-state index contributed by atoms with van der Waals surface area (Å²) in [6.07, 6.45) is 7.02. The van der Waals surface area contributed by atoms with Crippen LogP contribution in [0.5, 0.6) is 0 Å². The maximum atomic E-state index is 10.8. The lowest BCUT2D eigenvalue weighted by Gasteiger charge is -2.14. The molecule has 120 valence electrons. The Hall–Kier alpha value is -2.10. The molecule has 1 aliphatic rings. The Morgan fingerprint density at radius 2 is 1.95 bits per heavy atom. The molecular weight excluding hydrogens is 278 g/mol. The van der Waals surface area contributed by atoms with Gasteiger partial charge in [-0.3, -0.25) is 9.59 Å². The van der Waals surface area contributed by atoms with Gasteiger partial charge in [0.1, 0.15) is 0 Å². The Kier molecular flexibility index (Phi) is 8.65. The summed E-state index contributed by atoms with van der Waals surface area (Å²) >= 11 is 0. The molecule has 22 heavy (non-hydrogen) atoms. The summed E-state index contributed by atoms with van der Waals surface area (Å²) in [5.74, 6) is 0.197. The van der Waals surface area contributed by atoms with Crippen LogP contribution in [0.2, 0.25) is 0 Å². The van der Waals surface area contributed by atoms with E-state index in [-0.39, 0.29) is 11.9 Å². The van der Waals surface area contributed by atoms with E-state index in [1.807, 2.05) is 30.3 Å². The van der Waals surface area contributed by atoms with E-state index in [2.05, 4.69) is 11.3 Å². The summed E-state index contributed by atoms with van der Waals surface area (Å²) in [5, 5.41) is 0. The van der Waals surface area contributed by atoms with Crippen molar-refractivity contribution in [2.24, 2.45) is 5.92 Å². The van der Waals surface area contributed by atoms with E-state index >= 15 is 0 Å². The van der Waals surface area contributed by atoms with Gasteiger partial charge in [-0.05, 0) is 18.4 Å². The van der Waals surface area contributed by atoms with Crippen molar-refractivity contribution in [3.8, 4) is 0 Å². The van der Waals surface area contributed by atoms with Crippen LogP contribution in [0.25, 0.3) is 0 Å². The van der Waals surface area contributed by atoms with Crippen LogP contribution in [0.1, 0.15) is 31.2 Å². The van der Waals surface area contributed by atoms with Crippen molar-refractivity contribution >= 4 is 12.4 Å². The zero-order valence-electron chi connectivity index (χ0n) is 13.2. The highest BCUT2D eigenvalue weighted by Crippen LogP contribution is 2.25. The first-order chi connectivity index (χ1) is 10.7. The van der Waals surface area contributed by atoms with E-state index in [0.29, 0.717) is 13.1 Å². The van der Waals surface area contributed by atoms with Gasteiger partial charge in [-0.25, -0.2) is 0 Å². The van der Waals surface area contributed by atoms with Crippen molar-refractivity contribution in [2.75, 3.05) is 13.7 Å². The summed E-state index contributed by atoms with van der Waals surface area (Å²) in [4.78, 5) is 23.0. The first-order valence-electron chi connectivity index (χ1n) is 7.63. The number of amides is 1. The first-order valence-corrected chi connectivity index (χ1v) is 7.63. The van der Waals surface area contributed by atoms with Crippen LogP contribution >= 0.6 is 0 Å². The number of methoxy groups -OCH3 is 1. The Morgan fingerprint density at radius 3 is 2.45 bits per heavy atom. The molecular formula is C18H25NO3. The molecule has 0 saturated heterocycles. The molecule has 0 N–H and O–H groups in total. The van der Waals surface area contributed by atoms with Crippen molar-refractivity contribution in [3.05, 3.63) is 48.6 Å². The minimum atomic E-state index is -0.0208. The number of hydrogen-bond donors (Lipinski definition) is 0. The van der Waals surface area contributed by atoms with Gasteiger partial charge in [-0.2, -0.15) is 0 Å². The molecule has 2 rings (SSSR count). The van der Waals surface area contributed by atoms with Gasteiger partial charge in [0.2, 0.25) is 6.41 Å². The third-order valence-electron chi connectivity index (χ3n) is 3.63. The SMILES string of the molecule is C=CCN(C=O)Cc1ccccc1.COC(=O)C1CCCC1. The van der Waals surface area contributed by atoms with Gasteiger partial charge in [-0.15, -0.1) is 6.58 Å². The second-order valence-corrected chi connectivity index (χ2v) is 5.31. The van der Waals surface area contributed by atoms with E-state index in [4.69, 9.17) is 0 Å². The molecule has 4 nitrogen and oxygen atoms in total. The minimum Gasteiger partial charge on any atom is -0.469 e. The summed E-state index contributed by atoms with van der Waals surface area (Å²) in [5.41, 5.74) is 1.14. The standard InChI is InChI=1S/C11H13NO.C7H12O2/c1-2-8-12(10-13)9-11-6-4-3-5-7-11;1-9-7(8)6-4-2-3-5-6/h2-7,10H,1,8-9H2;6H,2-5H2,1H3. The van der Waals surface area contributed by atoms with Crippen molar-refractivity contribution < 1.29 is 14.3 Å². The van der Waals surface area contributed by atoms with Gasteiger partial charge < -0.3 is 9.64 Å². The average molecular weight is 303 g/mol. The molecule has 0 spiro atoms. The van der Waals surface area contributed by atoms with Crippen LogP contribution < -0.4 is 0 Å². The van der Waals surface area contributed by atoms with Crippen LogP contribution in [-0.4, -0.2) is 30.9 Å².